The van der Waals surface area contributed by atoms with Gasteiger partial charge in [0.25, 0.3) is 5.91 Å². The summed E-state index contributed by atoms with van der Waals surface area (Å²) in [6.07, 6.45) is 2.31. The second-order valence-electron chi connectivity index (χ2n) is 3.56. The summed E-state index contributed by atoms with van der Waals surface area (Å²) in [5, 5.41) is 11.1. The van der Waals surface area contributed by atoms with E-state index in [-0.39, 0.29) is 11.0 Å². The summed E-state index contributed by atoms with van der Waals surface area (Å²) >= 11 is 5.53. The highest BCUT2D eigenvalue weighted by Gasteiger charge is 2.22. The molecule has 0 unspecified atom stereocenters. The van der Waals surface area contributed by atoms with E-state index in [9.17, 15) is 18.0 Å². The molecule has 1 aromatic carbocycles. The molecule has 0 fully saturated rings. The lowest BCUT2D eigenvalue weighted by Gasteiger charge is -2.07. The maximum Gasteiger partial charge on any atom is 0.260 e. The highest BCUT2D eigenvalue weighted by atomic mass is 35.5. The third-order valence-corrected chi connectivity index (χ3v) is 2.41. The van der Waals surface area contributed by atoms with E-state index in [1.165, 1.54) is 6.20 Å². The second-order valence-corrected chi connectivity index (χ2v) is 3.95. The van der Waals surface area contributed by atoms with E-state index in [0.717, 1.165) is 6.20 Å². The number of phenols is 1. The average Bonchev–Trinajstić information content (AvgIpc) is 2.40. The van der Waals surface area contributed by atoms with Gasteiger partial charge in [-0.3, -0.25) is 9.78 Å². The third-order valence-electron chi connectivity index (χ3n) is 2.22. The summed E-state index contributed by atoms with van der Waals surface area (Å²) in [7, 11) is 0. The molecule has 2 N–H and O–H groups in total. The number of halogens is 4. The quantitative estimate of drug-likeness (QED) is 0.836. The molecule has 2 rings (SSSR count). The highest BCUT2D eigenvalue weighted by molar-refractivity contribution is 6.29. The molecule has 0 aliphatic heterocycles. The van der Waals surface area contributed by atoms with E-state index in [0.29, 0.717) is 6.07 Å². The van der Waals surface area contributed by atoms with Gasteiger partial charge in [-0.25, -0.2) is 13.8 Å². The smallest absolute Gasteiger partial charge is 0.260 e. The Labute approximate surface area is 115 Å². The fourth-order valence-corrected chi connectivity index (χ4v) is 1.49. The van der Waals surface area contributed by atoms with Crippen LogP contribution < -0.4 is 5.32 Å². The summed E-state index contributed by atoms with van der Waals surface area (Å²) in [5.74, 6) is -7.77. The first-order chi connectivity index (χ1) is 9.40. The predicted molar refractivity (Wildman–Crippen MR) is 63.0 cm³/mol. The molecule has 1 amide bonds. The Morgan fingerprint density at radius 2 is 1.95 bits per heavy atom. The molecule has 0 spiro atoms. The number of rotatable bonds is 2. The summed E-state index contributed by atoms with van der Waals surface area (Å²) in [5.41, 5.74) is -0.886. The maximum atomic E-state index is 13.5. The van der Waals surface area contributed by atoms with Crippen molar-refractivity contribution < 1.29 is 23.1 Å². The van der Waals surface area contributed by atoms with Gasteiger partial charge in [0.2, 0.25) is 5.82 Å². The normalized spacial score (nSPS) is 10.4. The first-order valence-corrected chi connectivity index (χ1v) is 5.43. The predicted octanol–water partition coefficient (Wildman–Crippen LogP) is 2.51. The SMILES string of the molecule is O=C(Nc1cncc(Cl)n1)c1cc(F)c(F)c(O)c1F. The number of phenolic OH excluding ortho intramolecular Hbond substituents is 1. The van der Waals surface area contributed by atoms with Gasteiger partial charge in [0.1, 0.15) is 5.15 Å². The number of amides is 1. The Kier molecular flexibility index (Phi) is 3.75. The molecule has 0 radical (unpaired) electrons. The highest BCUT2D eigenvalue weighted by Crippen LogP contribution is 2.26. The average molecular weight is 304 g/mol. The lowest BCUT2D eigenvalue weighted by Crippen LogP contribution is -2.16. The number of anilines is 1. The summed E-state index contributed by atoms with van der Waals surface area (Å²) in [4.78, 5) is 19.0. The molecule has 1 aromatic heterocycles. The molecule has 1 heterocycles. The molecule has 0 atom stereocenters. The minimum absolute atomic E-state index is 0.0311. The number of carbonyl (C=O) groups excluding carboxylic acids is 1. The van der Waals surface area contributed by atoms with Crippen molar-refractivity contribution >= 4 is 23.3 Å². The Morgan fingerprint density at radius 1 is 1.25 bits per heavy atom. The Bertz CT molecular complexity index is 697. The van der Waals surface area contributed by atoms with Crippen LogP contribution in [0.2, 0.25) is 5.15 Å². The van der Waals surface area contributed by atoms with E-state index >= 15 is 0 Å². The number of hydrogen-bond acceptors (Lipinski definition) is 4. The molecule has 0 aliphatic carbocycles. The number of aromatic hydroxyl groups is 1. The van der Waals surface area contributed by atoms with Crippen LogP contribution in [0, 0.1) is 17.5 Å². The fourth-order valence-electron chi connectivity index (χ4n) is 1.34. The topological polar surface area (TPSA) is 75.1 Å². The summed E-state index contributed by atoms with van der Waals surface area (Å²) in [6.45, 7) is 0. The number of carbonyl (C=O) groups is 1. The number of nitrogens with one attached hydrogen (secondary N) is 1. The van der Waals surface area contributed by atoms with E-state index < -0.39 is 34.7 Å². The number of aromatic nitrogens is 2. The summed E-state index contributed by atoms with van der Waals surface area (Å²) < 4.78 is 39.4. The van der Waals surface area contributed by atoms with Crippen molar-refractivity contribution in [3.05, 3.63) is 46.6 Å². The van der Waals surface area contributed by atoms with Crippen LogP contribution in [0.3, 0.4) is 0 Å². The van der Waals surface area contributed by atoms with Gasteiger partial charge in [0, 0.05) is 0 Å². The van der Waals surface area contributed by atoms with Gasteiger partial charge < -0.3 is 10.4 Å². The van der Waals surface area contributed by atoms with E-state index in [1.807, 2.05) is 0 Å². The summed E-state index contributed by atoms with van der Waals surface area (Å²) in [6, 6.07) is 0.317. The van der Waals surface area contributed by atoms with Crippen molar-refractivity contribution in [2.75, 3.05) is 5.32 Å². The first-order valence-electron chi connectivity index (χ1n) is 5.05. The Morgan fingerprint density at radius 3 is 2.60 bits per heavy atom. The van der Waals surface area contributed by atoms with Crippen molar-refractivity contribution in [2.24, 2.45) is 0 Å². The molecule has 5 nitrogen and oxygen atoms in total. The van der Waals surface area contributed by atoms with E-state index in [1.54, 1.807) is 0 Å². The Balaban J connectivity index is 2.35. The van der Waals surface area contributed by atoms with E-state index in [4.69, 9.17) is 16.7 Å². The van der Waals surface area contributed by atoms with Crippen LogP contribution in [0.1, 0.15) is 10.4 Å². The van der Waals surface area contributed by atoms with Crippen molar-refractivity contribution in [1.82, 2.24) is 9.97 Å². The third kappa shape index (κ3) is 2.64. The van der Waals surface area contributed by atoms with Gasteiger partial charge in [-0.1, -0.05) is 11.6 Å². The first kappa shape index (κ1) is 14.1. The standard InChI is InChI=1S/C11H5ClF3N3O2/c12-6-2-16-3-7(17-6)18-11(20)4-1-5(13)9(15)10(19)8(4)14/h1-3,19H,(H,17,18,20). The zero-order valence-corrected chi connectivity index (χ0v) is 10.2. The fraction of sp³-hybridized carbons (Fsp3) is 0. The van der Waals surface area contributed by atoms with Crippen LogP contribution in [0.25, 0.3) is 0 Å². The van der Waals surface area contributed by atoms with Gasteiger partial charge in [0.15, 0.2) is 23.2 Å². The van der Waals surface area contributed by atoms with Gasteiger partial charge in [-0.2, -0.15) is 4.39 Å². The lowest BCUT2D eigenvalue weighted by atomic mass is 10.1. The largest absolute Gasteiger partial charge is 0.503 e. The van der Waals surface area contributed by atoms with Gasteiger partial charge >= 0.3 is 0 Å². The zero-order chi connectivity index (χ0) is 14.9. The van der Waals surface area contributed by atoms with Crippen LogP contribution >= 0.6 is 11.6 Å². The van der Waals surface area contributed by atoms with Gasteiger partial charge in [-0.15, -0.1) is 0 Å². The zero-order valence-electron chi connectivity index (χ0n) is 9.49. The molecule has 104 valence electrons. The van der Waals surface area contributed by atoms with E-state index in [2.05, 4.69) is 15.3 Å². The van der Waals surface area contributed by atoms with Gasteiger partial charge in [0.05, 0.1) is 18.0 Å². The molecule has 0 saturated carbocycles. The van der Waals surface area contributed by atoms with Gasteiger partial charge in [-0.05, 0) is 6.07 Å². The van der Waals surface area contributed by atoms with Crippen molar-refractivity contribution in [3.63, 3.8) is 0 Å². The number of nitrogens with zero attached hydrogens (tertiary/aromatic N) is 2. The molecule has 2 aromatic rings. The van der Waals surface area contributed by atoms with Crippen LogP contribution in [0.4, 0.5) is 19.0 Å². The number of hydrogen-bond donors (Lipinski definition) is 2. The molecule has 0 saturated heterocycles. The monoisotopic (exact) mass is 303 g/mol. The second kappa shape index (κ2) is 5.33. The molecule has 0 bridgehead atoms. The van der Waals surface area contributed by atoms with Crippen LogP contribution in [-0.4, -0.2) is 21.0 Å². The molecular weight excluding hydrogens is 299 g/mol. The maximum absolute atomic E-state index is 13.5. The Hall–Kier alpha value is -2.35. The molecule has 0 aliphatic rings. The van der Waals surface area contributed by atoms with Crippen molar-refractivity contribution in [2.45, 2.75) is 0 Å². The molecule has 9 heteroatoms. The minimum atomic E-state index is -1.78. The van der Waals surface area contributed by atoms with Crippen LogP contribution in [0.15, 0.2) is 18.5 Å². The molecular formula is C11H5ClF3N3O2. The van der Waals surface area contributed by atoms with Crippen molar-refractivity contribution in [1.29, 1.82) is 0 Å². The lowest BCUT2D eigenvalue weighted by molar-refractivity contribution is 0.102. The molecule has 20 heavy (non-hydrogen) atoms. The van der Waals surface area contributed by atoms with Crippen LogP contribution in [-0.2, 0) is 0 Å². The van der Waals surface area contributed by atoms with Crippen molar-refractivity contribution in [3.8, 4) is 5.75 Å². The van der Waals surface area contributed by atoms with Crippen LogP contribution in [0.5, 0.6) is 5.75 Å². The number of benzene rings is 1. The minimum Gasteiger partial charge on any atom is -0.503 e.